The minimum Gasteiger partial charge on any atom is -0.350 e. The number of fused-ring (bicyclic) bond motifs is 1. The van der Waals surface area contributed by atoms with Gasteiger partial charge in [-0.3, -0.25) is 10.1 Å². The molecule has 1 amide bonds. The smallest absolute Gasteiger partial charge is 0.296 e. The number of anilines is 1. The molecule has 0 spiro atoms. The highest BCUT2D eigenvalue weighted by molar-refractivity contribution is 9.10. The third-order valence-electron chi connectivity index (χ3n) is 3.34. The minimum atomic E-state index is -0.404. The molecule has 0 aliphatic heterocycles. The number of carbonyl (C=O) groups is 1. The molecule has 4 rings (SSSR count). The summed E-state index contributed by atoms with van der Waals surface area (Å²) < 4.78 is 6.06. The maximum atomic E-state index is 12.4. The molecule has 0 aliphatic rings. The summed E-state index contributed by atoms with van der Waals surface area (Å²) >= 11 is 4.76. The number of hydrogen-bond donors (Lipinski definition) is 1. The topological polar surface area (TPSA) is 80.9 Å². The zero-order valence-electron chi connectivity index (χ0n) is 12.1. The van der Waals surface area contributed by atoms with Crippen molar-refractivity contribution in [2.75, 3.05) is 5.32 Å². The Morgan fingerprint density at radius 2 is 1.88 bits per heavy atom. The summed E-state index contributed by atoms with van der Waals surface area (Å²) in [6, 6.07) is 14.9. The van der Waals surface area contributed by atoms with E-state index < -0.39 is 5.91 Å². The van der Waals surface area contributed by atoms with Crippen LogP contribution in [0.2, 0.25) is 0 Å². The predicted octanol–water partition coefficient (Wildman–Crippen LogP) is 4.36. The molecule has 0 aliphatic carbocycles. The van der Waals surface area contributed by atoms with Crippen LogP contribution >= 0.6 is 27.3 Å². The van der Waals surface area contributed by atoms with Crippen LogP contribution in [0.15, 0.2) is 57.5 Å². The average Bonchev–Trinajstić information content (AvgIpc) is 3.22. The summed E-state index contributed by atoms with van der Waals surface area (Å²) in [5.41, 5.74) is 1.55. The Hall–Kier alpha value is -2.58. The van der Waals surface area contributed by atoms with Gasteiger partial charge in [0.1, 0.15) is 5.52 Å². The number of carbonyl (C=O) groups excluding carboxylic acids is 1. The molecule has 0 atom stereocenters. The Kier molecular flexibility index (Phi) is 3.83. The van der Waals surface area contributed by atoms with Gasteiger partial charge in [-0.1, -0.05) is 62.8 Å². The number of aromatic nitrogens is 3. The van der Waals surface area contributed by atoms with Crippen LogP contribution in [-0.4, -0.2) is 21.3 Å². The van der Waals surface area contributed by atoms with Crippen molar-refractivity contribution in [3.05, 3.63) is 58.8 Å². The fraction of sp³-hybridized carbons (Fsp3) is 0. The fourth-order valence-corrected chi connectivity index (χ4v) is 3.61. The molecule has 0 saturated heterocycles. The second-order valence-electron chi connectivity index (χ2n) is 4.88. The monoisotopic (exact) mass is 400 g/mol. The van der Waals surface area contributed by atoms with Gasteiger partial charge in [-0.15, -0.1) is 10.2 Å². The molecule has 0 fully saturated rings. The first-order chi connectivity index (χ1) is 11.7. The van der Waals surface area contributed by atoms with Crippen molar-refractivity contribution in [3.8, 4) is 10.6 Å². The predicted molar refractivity (Wildman–Crippen MR) is 95.0 cm³/mol. The molecular formula is C16H9BrN4O2S. The Morgan fingerprint density at radius 1 is 1.08 bits per heavy atom. The highest BCUT2D eigenvalue weighted by Gasteiger charge is 2.18. The molecule has 0 saturated carbocycles. The number of amides is 1. The van der Waals surface area contributed by atoms with Crippen LogP contribution in [0.25, 0.3) is 21.5 Å². The van der Waals surface area contributed by atoms with Gasteiger partial charge in [0.05, 0.1) is 5.39 Å². The second-order valence-corrected chi connectivity index (χ2v) is 6.71. The molecule has 6 nitrogen and oxygen atoms in total. The summed E-state index contributed by atoms with van der Waals surface area (Å²) in [6.45, 7) is 0. The van der Waals surface area contributed by atoms with Crippen LogP contribution < -0.4 is 5.32 Å². The van der Waals surface area contributed by atoms with Crippen LogP contribution in [0.3, 0.4) is 0 Å². The van der Waals surface area contributed by atoms with Crippen molar-refractivity contribution in [2.24, 2.45) is 0 Å². The van der Waals surface area contributed by atoms with E-state index in [1.807, 2.05) is 36.4 Å². The van der Waals surface area contributed by atoms with E-state index >= 15 is 0 Å². The van der Waals surface area contributed by atoms with Gasteiger partial charge in [0, 0.05) is 10.0 Å². The lowest BCUT2D eigenvalue weighted by atomic mass is 10.2. The van der Waals surface area contributed by atoms with E-state index in [0.717, 1.165) is 10.0 Å². The first-order valence-electron chi connectivity index (χ1n) is 6.96. The first-order valence-corrected chi connectivity index (χ1v) is 8.57. The van der Waals surface area contributed by atoms with Gasteiger partial charge < -0.3 is 4.52 Å². The molecule has 24 heavy (non-hydrogen) atoms. The van der Waals surface area contributed by atoms with Crippen molar-refractivity contribution in [1.82, 2.24) is 15.4 Å². The molecule has 2 aromatic carbocycles. The van der Waals surface area contributed by atoms with Crippen molar-refractivity contribution in [2.45, 2.75) is 0 Å². The van der Waals surface area contributed by atoms with Crippen molar-refractivity contribution >= 4 is 49.2 Å². The van der Waals surface area contributed by atoms with E-state index in [1.54, 1.807) is 12.1 Å². The van der Waals surface area contributed by atoms with Gasteiger partial charge in [0.15, 0.2) is 5.01 Å². The average molecular weight is 401 g/mol. The lowest BCUT2D eigenvalue weighted by molar-refractivity contribution is 0.0990. The van der Waals surface area contributed by atoms with Gasteiger partial charge in [0.2, 0.25) is 10.9 Å². The molecule has 0 bridgehead atoms. The van der Waals surface area contributed by atoms with Gasteiger partial charge in [0.25, 0.3) is 5.91 Å². The molecule has 1 N–H and O–H groups in total. The van der Waals surface area contributed by atoms with Crippen molar-refractivity contribution in [3.63, 3.8) is 0 Å². The maximum absolute atomic E-state index is 12.4. The number of hydrogen-bond acceptors (Lipinski definition) is 6. The SMILES string of the molecule is O=C(Nc1nnc(-c2ccccc2Br)s1)c1onc2ccccc12. The van der Waals surface area contributed by atoms with E-state index in [0.29, 0.717) is 21.0 Å². The van der Waals surface area contributed by atoms with Gasteiger partial charge in [-0.2, -0.15) is 0 Å². The fourth-order valence-electron chi connectivity index (χ4n) is 2.22. The van der Waals surface area contributed by atoms with Crippen molar-refractivity contribution < 1.29 is 9.32 Å². The summed E-state index contributed by atoms with van der Waals surface area (Å²) in [5, 5.41) is 16.5. The van der Waals surface area contributed by atoms with Gasteiger partial charge in [-0.05, 0) is 18.2 Å². The van der Waals surface area contributed by atoms with Crippen molar-refractivity contribution in [1.29, 1.82) is 0 Å². The summed E-state index contributed by atoms with van der Waals surface area (Å²) in [7, 11) is 0. The van der Waals surface area contributed by atoms with E-state index in [4.69, 9.17) is 4.52 Å². The molecule has 0 unspecified atom stereocenters. The first kappa shape index (κ1) is 15.0. The summed E-state index contributed by atoms with van der Waals surface area (Å²) in [4.78, 5) is 12.4. The third-order valence-corrected chi connectivity index (χ3v) is 4.90. The number of benzene rings is 2. The number of nitrogens with one attached hydrogen (secondary N) is 1. The Labute approximate surface area is 148 Å². The van der Waals surface area contributed by atoms with E-state index in [9.17, 15) is 4.79 Å². The normalized spacial score (nSPS) is 10.9. The van der Waals surface area contributed by atoms with Crippen LogP contribution in [0.5, 0.6) is 0 Å². The quantitative estimate of drug-likeness (QED) is 0.552. The zero-order chi connectivity index (χ0) is 16.5. The van der Waals surface area contributed by atoms with Crippen LogP contribution in [-0.2, 0) is 0 Å². The van der Waals surface area contributed by atoms with E-state index in [-0.39, 0.29) is 5.76 Å². The lowest BCUT2D eigenvalue weighted by Gasteiger charge is -1.98. The second kappa shape index (κ2) is 6.14. The van der Waals surface area contributed by atoms with Crippen LogP contribution in [0.1, 0.15) is 10.6 Å². The highest BCUT2D eigenvalue weighted by Crippen LogP contribution is 2.32. The third kappa shape index (κ3) is 2.70. The molecule has 8 heteroatoms. The molecular weight excluding hydrogens is 392 g/mol. The van der Waals surface area contributed by atoms with Gasteiger partial charge >= 0.3 is 0 Å². The highest BCUT2D eigenvalue weighted by atomic mass is 79.9. The molecule has 4 aromatic rings. The van der Waals surface area contributed by atoms with E-state index in [2.05, 4.69) is 36.6 Å². The largest absolute Gasteiger partial charge is 0.350 e. The molecule has 2 heterocycles. The molecule has 2 aromatic heterocycles. The zero-order valence-corrected chi connectivity index (χ0v) is 14.5. The van der Waals surface area contributed by atoms with Crippen LogP contribution in [0.4, 0.5) is 5.13 Å². The summed E-state index contributed by atoms with van der Waals surface area (Å²) in [6.07, 6.45) is 0. The maximum Gasteiger partial charge on any atom is 0.296 e. The standard InChI is InChI=1S/C16H9BrN4O2S/c17-11-7-3-1-5-9(11)15-19-20-16(24-15)18-14(22)13-10-6-2-4-8-12(10)21-23-13/h1-8H,(H,18,20,22). The number of nitrogens with zero attached hydrogens (tertiary/aromatic N) is 3. The lowest BCUT2D eigenvalue weighted by Crippen LogP contribution is -2.11. The Bertz CT molecular complexity index is 1040. The minimum absolute atomic E-state index is 0.156. The Morgan fingerprint density at radius 3 is 2.75 bits per heavy atom. The molecule has 118 valence electrons. The van der Waals surface area contributed by atoms with Crippen LogP contribution in [0, 0.1) is 0 Å². The van der Waals surface area contributed by atoms with Gasteiger partial charge in [-0.25, -0.2) is 0 Å². The Balaban J connectivity index is 1.60. The number of rotatable bonds is 3. The molecule has 0 radical (unpaired) electrons. The summed E-state index contributed by atoms with van der Waals surface area (Å²) in [5.74, 6) is -0.248. The van der Waals surface area contributed by atoms with E-state index in [1.165, 1.54) is 11.3 Å². The number of halogens is 1.